The highest BCUT2D eigenvalue weighted by Crippen LogP contribution is 2.26. The summed E-state index contributed by atoms with van der Waals surface area (Å²) in [6.45, 7) is 3.92. The van der Waals surface area contributed by atoms with Crippen LogP contribution in [0.15, 0.2) is 58.7 Å². The van der Waals surface area contributed by atoms with Crippen LogP contribution >= 0.6 is 11.3 Å². The second kappa shape index (κ2) is 7.85. The fraction of sp³-hybridized carbons (Fsp3) is 0.350. The van der Waals surface area contributed by atoms with Crippen LogP contribution in [-0.4, -0.2) is 29.6 Å². The van der Waals surface area contributed by atoms with Crippen molar-refractivity contribution in [3.63, 3.8) is 0 Å². The van der Waals surface area contributed by atoms with E-state index >= 15 is 0 Å². The zero-order valence-corrected chi connectivity index (χ0v) is 15.0. The highest BCUT2D eigenvalue weighted by atomic mass is 32.1. The lowest BCUT2D eigenvalue weighted by Gasteiger charge is -2.32. The fourth-order valence-electron chi connectivity index (χ4n) is 3.29. The maximum absolute atomic E-state index is 5.95. The standard InChI is InChI=1S/C20H22N2O2S/c1-2-6-19(7-3-1)24-13-16-5-4-9-22(11-16)12-18-15-25-20(21-18)17-8-10-23-14-17/h1-3,6-8,10,14-16H,4-5,9,11-13H2. The number of aromatic nitrogens is 1. The van der Waals surface area contributed by atoms with Gasteiger partial charge in [-0.1, -0.05) is 18.2 Å². The first-order valence-electron chi connectivity index (χ1n) is 8.74. The van der Waals surface area contributed by atoms with E-state index in [-0.39, 0.29) is 0 Å². The van der Waals surface area contributed by atoms with Crippen molar-refractivity contribution in [3.8, 4) is 16.3 Å². The van der Waals surface area contributed by atoms with E-state index in [9.17, 15) is 0 Å². The molecule has 2 aromatic heterocycles. The number of benzene rings is 1. The van der Waals surface area contributed by atoms with Crippen LogP contribution < -0.4 is 4.74 Å². The van der Waals surface area contributed by atoms with Gasteiger partial charge in [-0.15, -0.1) is 11.3 Å². The van der Waals surface area contributed by atoms with Crippen molar-refractivity contribution >= 4 is 11.3 Å². The van der Waals surface area contributed by atoms with Crippen molar-refractivity contribution < 1.29 is 9.15 Å². The minimum absolute atomic E-state index is 0.584. The lowest BCUT2D eigenvalue weighted by Crippen LogP contribution is -2.37. The molecule has 0 spiro atoms. The van der Waals surface area contributed by atoms with Gasteiger partial charge in [0.1, 0.15) is 17.0 Å². The molecule has 5 heteroatoms. The minimum Gasteiger partial charge on any atom is -0.493 e. The Morgan fingerprint density at radius 2 is 2.16 bits per heavy atom. The highest BCUT2D eigenvalue weighted by Gasteiger charge is 2.21. The Bertz CT molecular complexity index is 770. The van der Waals surface area contributed by atoms with Gasteiger partial charge in [0.05, 0.1) is 18.6 Å². The summed E-state index contributed by atoms with van der Waals surface area (Å²) in [7, 11) is 0. The van der Waals surface area contributed by atoms with Crippen molar-refractivity contribution in [1.29, 1.82) is 0 Å². The van der Waals surface area contributed by atoms with Crippen molar-refractivity contribution in [2.75, 3.05) is 19.7 Å². The van der Waals surface area contributed by atoms with Gasteiger partial charge in [0.15, 0.2) is 0 Å². The molecule has 3 aromatic rings. The summed E-state index contributed by atoms with van der Waals surface area (Å²) in [4.78, 5) is 7.25. The number of thiazole rings is 1. The first-order chi connectivity index (χ1) is 12.4. The summed E-state index contributed by atoms with van der Waals surface area (Å²) in [6.07, 6.45) is 5.90. The molecule has 4 nitrogen and oxygen atoms in total. The number of likely N-dealkylation sites (tertiary alicyclic amines) is 1. The summed E-state index contributed by atoms with van der Waals surface area (Å²) >= 11 is 1.68. The molecule has 1 aromatic carbocycles. The third-order valence-electron chi connectivity index (χ3n) is 4.54. The van der Waals surface area contributed by atoms with Crippen LogP contribution in [0.4, 0.5) is 0 Å². The molecule has 0 bridgehead atoms. The third-order valence-corrected chi connectivity index (χ3v) is 5.48. The Morgan fingerprint density at radius 3 is 3.00 bits per heavy atom. The average Bonchev–Trinajstić information content (AvgIpc) is 3.33. The SMILES string of the molecule is c1ccc(OCC2CCCN(Cc3csc(-c4ccoc4)n3)C2)cc1. The maximum atomic E-state index is 5.95. The number of furan rings is 1. The molecule has 1 aliphatic heterocycles. The largest absolute Gasteiger partial charge is 0.493 e. The summed E-state index contributed by atoms with van der Waals surface area (Å²) in [5, 5.41) is 3.19. The van der Waals surface area contributed by atoms with Crippen LogP contribution in [0.3, 0.4) is 0 Å². The summed E-state index contributed by atoms with van der Waals surface area (Å²) < 4.78 is 11.1. The first-order valence-corrected chi connectivity index (χ1v) is 9.62. The Hall–Kier alpha value is -2.11. The number of ether oxygens (including phenoxy) is 1. The molecular formula is C20H22N2O2S. The Morgan fingerprint density at radius 1 is 1.24 bits per heavy atom. The molecule has 1 unspecified atom stereocenters. The van der Waals surface area contributed by atoms with E-state index in [4.69, 9.17) is 14.1 Å². The normalized spacial score (nSPS) is 18.3. The Kier molecular flexibility index (Phi) is 5.14. The molecule has 0 N–H and O–H groups in total. The van der Waals surface area contributed by atoms with E-state index in [1.807, 2.05) is 36.4 Å². The lowest BCUT2D eigenvalue weighted by molar-refractivity contribution is 0.124. The second-order valence-corrected chi connectivity index (χ2v) is 7.38. The van der Waals surface area contributed by atoms with Gasteiger partial charge in [0, 0.05) is 30.0 Å². The summed E-state index contributed by atoms with van der Waals surface area (Å²) in [5.41, 5.74) is 2.20. The van der Waals surface area contributed by atoms with Gasteiger partial charge in [-0.05, 0) is 37.6 Å². The molecule has 0 radical (unpaired) electrons. The molecule has 130 valence electrons. The van der Waals surface area contributed by atoms with Crippen LogP contribution in [0.1, 0.15) is 18.5 Å². The fourth-order valence-corrected chi connectivity index (χ4v) is 4.09. The van der Waals surface area contributed by atoms with Gasteiger partial charge in [-0.25, -0.2) is 4.98 Å². The lowest BCUT2D eigenvalue weighted by atomic mass is 9.99. The Balaban J connectivity index is 1.31. The van der Waals surface area contributed by atoms with Crippen molar-refractivity contribution in [3.05, 3.63) is 60.0 Å². The number of para-hydroxylation sites is 1. The van der Waals surface area contributed by atoms with Crippen LogP contribution in [0.5, 0.6) is 5.75 Å². The number of hydrogen-bond acceptors (Lipinski definition) is 5. The van der Waals surface area contributed by atoms with Crippen LogP contribution in [0.2, 0.25) is 0 Å². The van der Waals surface area contributed by atoms with Crippen molar-refractivity contribution in [2.45, 2.75) is 19.4 Å². The molecule has 0 saturated carbocycles. The number of rotatable bonds is 6. The molecule has 0 aliphatic carbocycles. The summed E-state index contributed by atoms with van der Waals surface area (Å²) in [5.74, 6) is 1.55. The van der Waals surface area contributed by atoms with Crippen LogP contribution in [0.25, 0.3) is 10.6 Å². The van der Waals surface area contributed by atoms with Crippen LogP contribution in [-0.2, 0) is 6.54 Å². The number of hydrogen-bond donors (Lipinski definition) is 0. The van der Waals surface area contributed by atoms with E-state index < -0.39 is 0 Å². The van der Waals surface area contributed by atoms with E-state index in [1.165, 1.54) is 12.8 Å². The van der Waals surface area contributed by atoms with E-state index in [0.717, 1.165) is 48.3 Å². The van der Waals surface area contributed by atoms with E-state index in [2.05, 4.69) is 10.3 Å². The second-order valence-electron chi connectivity index (χ2n) is 6.52. The van der Waals surface area contributed by atoms with E-state index in [1.54, 1.807) is 23.9 Å². The molecule has 25 heavy (non-hydrogen) atoms. The van der Waals surface area contributed by atoms with Crippen molar-refractivity contribution in [2.24, 2.45) is 5.92 Å². The third kappa shape index (κ3) is 4.30. The van der Waals surface area contributed by atoms with Gasteiger partial charge in [0.2, 0.25) is 0 Å². The highest BCUT2D eigenvalue weighted by molar-refractivity contribution is 7.13. The number of piperidine rings is 1. The predicted octanol–water partition coefficient (Wildman–Crippen LogP) is 4.69. The van der Waals surface area contributed by atoms with Gasteiger partial charge >= 0.3 is 0 Å². The molecule has 1 aliphatic rings. The van der Waals surface area contributed by atoms with Gasteiger partial charge in [0.25, 0.3) is 0 Å². The van der Waals surface area contributed by atoms with Gasteiger partial charge in [-0.3, -0.25) is 4.90 Å². The maximum Gasteiger partial charge on any atom is 0.126 e. The van der Waals surface area contributed by atoms with Crippen LogP contribution in [0, 0.1) is 5.92 Å². The molecule has 3 heterocycles. The quantitative estimate of drug-likeness (QED) is 0.643. The molecular weight excluding hydrogens is 332 g/mol. The Labute approximate surface area is 152 Å². The zero-order chi connectivity index (χ0) is 16.9. The number of nitrogens with zero attached hydrogens (tertiary/aromatic N) is 2. The first kappa shape index (κ1) is 16.4. The summed E-state index contributed by atoms with van der Waals surface area (Å²) in [6, 6.07) is 12.0. The zero-order valence-electron chi connectivity index (χ0n) is 14.1. The molecule has 1 atom stereocenters. The molecule has 1 saturated heterocycles. The smallest absolute Gasteiger partial charge is 0.126 e. The van der Waals surface area contributed by atoms with Gasteiger partial charge in [-0.2, -0.15) is 0 Å². The topological polar surface area (TPSA) is 38.5 Å². The van der Waals surface area contributed by atoms with Gasteiger partial charge < -0.3 is 9.15 Å². The van der Waals surface area contributed by atoms with E-state index in [0.29, 0.717) is 5.92 Å². The molecule has 0 amide bonds. The monoisotopic (exact) mass is 354 g/mol. The molecule has 4 rings (SSSR count). The van der Waals surface area contributed by atoms with Crippen molar-refractivity contribution in [1.82, 2.24) is 9.88 Å². The minimum atomic E-state index is 0.584. The average molecular weight is 354 g/mol. The predicted molar refractivity (Wildman–Crippen MR) is 99.8 cm³/mol. The molecule has 1 fully saturated rings.